The van der Waals surface area contributed by atoms with Crippen molar-refractivity contribution >= 4 is 27.6 Å². The molecule has 0 bridgehead atoms. The van der Waals surface area contributed by atoms with Crippen LogP contribution in [0.3, 0.4) is 0 Å². The highest BCUT2D eigenvalue weighted by atomic mass is 79.9. The van der Waals surface area contributed by atoms with Crippen molar-refractivity contribution in [1.82, 2.24) is 0 Å². The van der Waals surface area contributed by atoms with E-state index >= 15 is 0 Å². The summed E-state index contributed by atoms with van der Waals surface area (Å²) in [6, 6.07) is 6.16. The summed E-state index contributed by atoms with van der Waals surface area (Å²) in [7, 11) is 3.98. The molecule has 1 aliphatic rings. The predicted octanol–water partition coefficient (Wildman–Crippen LogP) is 3.02. The van der Waals surface area contributed by atoms with Crippen molar-refractivity contribution in [3.63, 3.8) is 0 Å². The van der Waals surface area contributed by atoms with Crippen molar-refractivity contribution in [3.8, 4) is 0 Å². The van der Waals surface area contributed by atoms with Crippen LogP contribution < -0.4 is 4.90 Å². The fourth-order valence-corrected chi connectivity index (χ4v) is 2.94. The third-order valence-corrected chi connectivity index (χ3v) is 4.02. The van der Waals surface area contributed by atoms with Crippen molar-refractivity contribution in [2.45, 2.75) is 24.7 Å². The molecule has 0 saturated heterocycles. The summed E-state index contributed by atoms with van der Waals surface area (Å²) in [4.78, 5) is 12.9. The molecule has 0 atom stereocenters. The number of carboxylic acid groups (broad SMARTS) is 1. The summed E-state index contributed by atoms with van der Waals surface area (Å²) in [6.07, 6.45) is 2.20. The lowest BCUT2D eigenvalue weighted by atomic mass is 9.92. The quantitative estimate of drug-likeness (QED) is 0.929. The standard InChI is InChI=1S/C13H16BrNO2/c1-15(2)11-4-3-9(7-10(11)14)13(5-6-13)8-12(16)17/h3-4,7H,5-6,8H2,1-2H3,(H,16,17). The van der Waals surface area contributed by atoms with E-state index < -0.39 is 5.97 Å². The number of aliphatic carboxylic acids is 1. The largest absolute Gasteiger partial charge is 0.481 e. The van der Waals surface area contributed by atoms with Gasteiger partial charge in [-0.05, 0) is 46.5 Å². The maximum atomic E-state index is 10.9. The Bertz CT molecular complexity index is 453. The molecule has 0 heterocycles. The van der Waals surface area contributed by atoms with Gasteiger partial charge < -0.3 is 10.0 Å². The minimum absolute atomic E-state index is 0.112. The molecule has 1 aliphatic carbocycles. The van der Waals surface area contributed by atoms with Crippen molar-refractivity contribution in [2.24, 2.45) is 0 Å². The van der Waals surface area contributed by atoms with Gasteiger partial charge in [-0.2, -0.15) is 0 Å². The van der Waals surface area contributed by atoms with Crippen LogP contribution in [0.15, 0.2) is 22.7 Å². The average molecular weight is 298 g/mol. The van der Waals surface area contributed by atoms with Crippen LogP contribution in [-0.2, 0) is 10.2 Å². The monoisotopic (exact) mass is 297 g/mol. The maximum absolute atomic E-state index is 10.9. The van der Waals surface area contributed by atoms with Crippen LogP contribution in [0.5, 0.6) is 0 Å². The van der Waals surface area contributed by atoms with Gasteiger partial charge in [0.15, 0.2) is 0 Å². The summed E-state index contributed by atoms with van der Waals surface area (Å²) in [5, 5.41) is 8.94. The predicted molar refractivity (Wildman–Crippen MR) is 71.6 cm³/mol. The molecule has 0 amide bonds. The van der Waals surface area contributed by atoms with Crippen LogP contribution in [0, 0.1) is 0 Å². The molecule has 3 nitrogen and oxygen atoms in total. The Labute approximate surface area is 110 Å². The summed E-state index contributed by atoms with van der Waals surface area (Å²) in [6.45, 7) is 0. The van der Waals surface area contributed by atoms with Crippen molar-refractivity contribution < 1.29 is 9.90 Å². The van der Waals surface area contributed by atoms with E-state index in [1.54, 1.807) is 0 Å². The minimum Gasteiger partial charge on any atom is -0.481 e. The van der Waals surface area contributed by atoms with Gasteiger partial charge in [-0.1, -0.05) is 6.07 Å². The Morgan fingerprint density at radius 2 is 2.12 bits per heavy atom. The third-order valence-electron chi connectivity index (χ3n) is 3.39. The Morgan fingerprint density at radius 1 is 1.47 bits per heavy atom. The number of carboxylic acids is 1. The summed E-state index contributed by atoms with van der Waals surface area (Å²) < 4.78 is 1.02. The lowest BCUT2D eigenvalue weighted by Gasteiger charge is -2.18. The van der Waals surface area contributed by atoms with Crippen LogP contribution in [0.2, 0.25) is 0 Å². The fraction of sp³-hybridized carbons (Fsp3) is 0.462. The summed E-state index contributed by atoms with van der Waals surface area (Å²) in [5.74, 6) is -0.713. The molecule has 17 heavy (non-hydrogen) atoms. The van der Waals surface area contributed by atoms with Crippen molar-refractivity contribution in [3.05, 3.63) is 28.2 Å². The number of hydrogen-bond acceptors (Lipinski definition) is 2. The van der Waals surface area contributed by atoms with Gasteiger partial charge in [-0.15, -0.1) is 0 Å². The Morgan fingerprint density at radius 3 is 2.53 bits per heavy atom. The molecule has 1 aromatic rings. The first-order chi connectivity index (χ1) is 7.94. The lowest BCUT2D eigenvalue weighted by molar-refractivity contribution is -0.137. The second-order valence-corrected chi connectivity index (χ2v) is 5.77. The van der Waals surface area contributed by atoms with E-state index in [1.807, 2.05) is 25.1 Å². The first kappa shape index (κ1) is 12.4. The molecular formula is C13H16BrNO2. The van der Waals surface area contributed by atoms with E-state index in [-0.39, 0.29) is 11.8 Å². The molecular weight excluding hydrogens is 282 g/mol. The normalized spacial score (nSPS) is 16.6. The number of halogens is 1. The smallest absolute Gasteiger partial charge is 0.304 e. The average Bonchev–Trinajstić information content (AvgIpc) is 2.97. The Hall–Kier alpha value is -1.03. The first-order valence-corrected chi connectivity index (χ1v) is 6.43. The van der Waals surface area contributed by atoms with E-state index in [0.717, 1.165) is 28.6 Å². The summed E-state index contributed by atoms with van der Waals surface area (Å²) >= 11 is 3.55. The van der Waals surface area contributed by atoms with Gasteiger partial charge in [0.05, 0.1) is 12.1 Å². The van der Waals surface area contributed by atoms with Crippen molar-refractivity contribution in [1.29, 1.82) is 0 Å². The summed E-state index contributed by atoms with van der Waals surface area (Å²) in [5.41, 5.74) is 2.14. The van der Waals surface area contributed by atoms with Crippen LogP contribution >= 0.6 is 15.9 Å². The first-order valence-electron chi connectivity index (χ1n) is 5.64. The Kier molecular flexibility index (Phi) is 3.17. The number of rotatable bonds is 4. The highest BCUT2D eigenvalue weighted by molar-refractivity contribution is 9.10. The molecule has 92 valence electrons. The minimum atomic E-state index is -0.713. The molecule has 0 aliphatic heterocycles. The zero-order chi connectivity index (χ0) is 12.6. The van der Waals surface area contributed by atoms with Crippen LogP contribution in [0.25, 0.3) is 0 Å². The molecule has 1 aromatic carbocycles. The second kappa shape index (κ2) is 4.33. The zero-order valence-corrected chi connectivity index (χ0v) is 11.6. The molecule has 1 fully saturated rings. The van der Waals surface area contributed by atoms with Gasteiger partial charge in [0.2, 0.25) is 0 Å². The number of carbonyl (C=O) groups is 1. The topological polar surface area (TPSA) is 40.5 Å². The third kappa shape index (κ3) is 2.46. The second-order valence-electron chi connectivity index (χ2n) is 4.91. The van der Waals surface area contributed by atoms with Gasteiger partial charge in [0, 0.05) is 24.0 Å². The molecule has 0 unspecified atom stereocenters. The Balaban J connectivity index is 2.29. The highest BCUT2D eigenvalue weighted by Crippen LogP contribution is 2.51. The number of anilines is 1. The highest BCUT2D eigenvalue weighted by Gasteiger charge is 2.46. The van der Waals surface area contributed by atoms with Gasteiger partial charge in [-0.25, -0.2) is 0 Å². The van der Waals surface area contributed by atoms with E-state index in [2.05, 4.69) is 28.1 Å². The molecule has 2 rings (SSSR count). The SMILES string of the molecule is CN(C)c1ccc(C2(CC(=O)O)CC2)cc1Br. The maximum Gasteiger partial charge on any atom is 0.304 e. The molecule has 1 saturated carbocycles. The molecule has 1 N–H and O–H groups in total. The molecule has 0 spiro atoms. The fourth-order valence-electron chi connectivity index (χ4n) is 2.21. The van der Waals surface area contributed by atoms with E-state index in [4.69, 9.17) is 5.11 Å². The van der Waals surface area contributed by atoms with Crippen LogP contribution in [0.4, 0.5) is 5.69 Å². The molecule has 4 heteroatoms. The number of nitrogens with zero attached hydrogens (tertiary/aromatic N) is 1. The van der Waals surface area contributed by atoms with E-state index in [0.29, 0.717) is 0 Å². The molecule has 0 radical (unpaired) electrons. The number of benzene rings is 1. The molecule has 0 aromatic heterocycles. The van der Waals surface area contributed by atoms with E-state index in [1.165, 1.54) is 0 Å². The lowest BCUT2D eigenvalue weighted by Crippen LogP contribution is -2.14. The van der Waals surface area contributed by atoms with Gasteiger partial charge in [0.25, 0.3) is 0 Å². The van der Waals surface area contributed by atoms with Crippen molar-refractivity contribution in [2.75, 3.05) is 19.0 Å². The van der Waals surface area contributed by atoms with Gasteiger partial charge >= 0.3 is 5.97 Å². The van der Waals surface area contributed by atoms with Gasteiger partial charge in [0.1, 0.15) is 0 Å². The van der Waals surface area contributed by atoms with Gasteiger partial charge in [-0.3, -0.25) is 4.79 Å². The zero-order valence-electron chi connectivity index (χ0n) is 10.0. The van der Waals surface area contributed by atoms with E-state index in [9.17, 15) is 4.79 Å². The van der Waals surface area contributed by atoms with Crippen LogP contribution in [-0.4, -0.2) is 25.2 Å². The number of hydrogen-bond donors (Lipinski definition) is 1. The van der Waals surface area contributed by atoms with Crippen LogP contribution in [0.1, 0.15) is 24.8 Å².